The molecule has 2 heterocycles. The lowest BCUT2D eigenvalue weighted by Crippen LogP contribution is -2.20. The van der Waals surface area contributed by atoms with Crippen molar-refractivity contribution in [1.82, 2.24) is 9.88 Å². The van der Waals surface area contributed by atoms with Crippen LogP contribution in [0.2, 0.25) is 0 Å². The van der Waals surface area contributed by atoms with E-state index in [-0.39, 0.29) is 0 Å². The minimum atomic E-state index is 1.17. The van der Waals surface area contributed by atoms with Gasteiger partial charge in [-0.05, 0) is 73.8 Å². The monoisotopic (exact) mass is 290 g/mol. The molecule has 0 atom stereocenters. The number of H-pyrrole nitrogens is 1. The zero-order chi connectivity index (χ0) is 14.5. The highest BCUT2D eigenvalue weighted by Crippen LogP contribution is 2.44. The molecule has 2 heteroatoms. The van der Waals surface area contributed by atoms with E-state index in [0.29, 0.717) is 0 Å². The first-order chi connectivity index (χ1) is 10.9. The van der Waals surface area contributed by atoms with Crippen molar-refractivity contribution in [3.63, 3.8) is 0 Å². The van der Waals surface area contributed by atoms with Crippen molar-refractivity contribution in [2.24, 2.45) is 0 Å². The largest absolute Gasteiger partial charge is 0.353 e. The highest BCUT2D eigenvalue weighted by Gasteiger charge is 2.33. The minimum absolute atomic E-state index is 1.17. The Morgan fingerprint density at radius 2 is 1.86 bits per heavy atom. The first kappa shape index (κ1) is 12.6. The van der Waals surface area contributed by atoms with Gasteiger partial charge in [0.15, 0.2) is 0 Å². The van der Waals surface area contributed by atoms with E-state index in [1.165, 1.54) is 74.3 Å². The van der Waals surface area contributed by atoms with E-state index in [1.807, 2.05) is 0 Å². The molecule has 1 aliphatic heterocycles. The molecule has 3 aliphatic carbocycles. The van der Waals surface area contributed by atoms with Crippen LogP contribution >= 0.6 is 0 Å². The lowest BCUT2D eigenvalue weighted by molar-refractivity contribution is 0.496. The number of hydrogen-bond acceptors (Lipinski definition) is 1. The molecule has 0 aromatic carbocycles. The minimum Gasteiger partial charge on any atom is -0.353 e. The van der Waals surface area contributed by atoms with Crippen molar-refractivity contribution in [3.8, 4) is 0 Å². The highest BCUT2D eigenvalue weighted by molar-refractivity contribution is 5.76. The van der Waals surface area contributed by atoms with Crippen LogP contribution in [0.1, 0.15) is 54.6 Å². The molecule has 0 amide bonds. The van der Waals surface area contributed by atoms with E-state index in [9.17, 15) is 0 Å². The Labute approximate surface area is 131 Å². The molecular formula is C20H22N2. The van der Waals surface area contributed by atoms with Gasteiger partial charge in [0.05, 0.1) is 11.4 Å². The molecule has 0 saturated heterocycles. The van der Waals surface area contributed by atoms with Crippen LogP contribution in [0.5, 0.6) is 0 Å². The van der Waals surface area contributed by atoms with Gasteiger partial charge in [-0.25, -0.2) is 0 Å². The van der Waals surface area contributed by atoms with Gasteiger partial charge in [0.25, 0.3) is 0 Å². The Balaban J connectivity index is 1.62. The first-order valence-electron chi connectivity index (χ1n) is 8.68. The van der Waals surface area contributed by atoms with Crippen LogP contribution in [0, 0.1) is 0 Å². The van der Waals surface area contributed by atoms with Crippen LogP contribution in [-0.4, -0.2) is 16.4 Å². The quantitative estimate of drug-likeness (QED) is 0.802. The Morgan fingerprint density at radius 1 is 0.909 bits per heavy atom. The molecule has 4 aliphatic rings. The molecule has 1 aromatic rings. The highest BCUT2D eigenvalue weighted by atomic mass is 15.2. The molecular weight excluding hydrogens is 268 g/mol. The molecule has 0 radical (unpaired) electrons. The van der Waals surface area contributed by atoms with Crippen molar-refractivity contribution in [2.45, 2.75) is 44.9 Å². The average molecular weight is 290 g/mol. The summed E-state index contributed by atoms with van der Waals surface area (Å²) in [5.41, 5.74) is 10.7. The fourth-order valence-corrected chi connectivity index (χ4v) is 4.53. The maximum Gasteiger partial charge on any atom is 0.0661 e. The number of nitrogens with one attached hydrogen (secondary N) is 1. The van der Waals surface area contributed by atoms with Crippen LogP contribution in [0.4, 0.5) is 0 Å². The predicted octanol–water partition coefficient (Wildman–Crippen LogP) is 4.57. The molecule has 22 heavy (non-hydrogen) atoms. The number of fused-ring (bicyclic) bond motifs is 4. The number of aromatic amines is 1. The number of rotatable bonds is 1. The summed E-state index contributed by atoms with van der Waals surface area (Å²) in [6.07, 6.45) is 19.9. The van der Waals surface area contributed by atoms with Crippen molar-refractivity contribution in [3.05, 3.63) is 58.1 Å². The van der Waals surface area contributed by atoms with Gasteiger partial charge in [-0.3, -0.25) is 0 Å². The van der Waals surface area contributed by atoms with Crippen molar-refractivity contribution in [2.75, 3.05) is 6.54 Å². The maximum atomic E-state index is 3.76. The number of aromatic nitrogens is 1. The van der Waals surface area contributed by atoms with Crippen LogP contribution in [-0.2, 0) is 12.8 Å². The summed E-state index contributed by atoms with van der Waals surface area (Å²) in [7, 11) is 0. The second-order valence-electron chi connectivity index (χ2n) is 6.79. The molecule has 0 saturated carbocycles. The topological polar surface area (TPSA) is 19.0 Å². The van der Waals surface area contributed by atoms with Crippen LogP contribution < -0.4 is 0 Å². The summed E-state index contributed by atoms with van der Waals surface area (Å²) in [6.45, 7) is 1.17. The van der Waals surface area contributed by atoms with E-state index >= 15 is 0 Å². The lowest BCUT2D eigenvalue weighted by atomic mass is 9.89. The van der Waals surface area contributed by atoms with Gasteiger partial charge >= 0.3 is 0 Å². The summed E-state index contributed by atoms with van der Waals surface area (Å²) in [6, 6.07) is 0. The Bertz CT molecular complexity index is 755. The van der Waals surface area contributed by atoms with Crippen LogP contribution in [0.25, 0.3) is 11.8 Å². The third-order valence-corrected chi connectivity index (χ3v) is 5.59. The van der Waals surface area contributed by atoms with Gasteiger partial charge in [-0.2, -0.15) is 0 Å². The summed E-state index contributed by atoms with van der Waals surface area (Å²) in [4.78, 5) is 6.36. The summed E-state index contributed by atoms with van der Waals surface area (Å²) in [5, 5.41) is 0. The van der Waals surface area contributed by atoms with Crippen LogP contribution in [0.15, 0.2) is 35.6 Å². The molecule has 112 valence electrons. The number of hydrogen-bond donors (Lipinski definition) is 1. The lowest BCUT2D eigenvalue weighted by Gasteiger charge is -2.28. The van der Waals surface area contributed by atoms with Crippen molar-refractivity contribution in [1.29, 1.82) is 0 Å². The predicted molar refractivity (Wildman–Crippen MR) is 91.2 cm³/mol. The van der Waals surface area contributed by atoms with E-state index in [2.05, 4.69) is 40.3 Å². The molecule has 1 N–H and O–H groups in total. The fourth-order valence-electron chi connectivity index (χ4n) is 4.53. The van der Waals surface area contributed by atoms with Crippen molar-refractivity contribution >= 4 is 11.8 Å². The second-order valence-corrected chi connectivity index (χ2v) is 6.79. The molecule has 5 rings (SSSR count). The smallest absolute Gasteiger partial charge is 0.0661 e. The van der Waals surface area contributed by atoms with Gasteiger partial charge < -0.3 is 9.88 Å². The van der Waals surface area contributed by atoms with E-state index < -0.39 is 0 Å². The molecule has 1 aromatic heterocycles. The van der Waals surface area contributed by atoms with E-state index in [0.717, 1.165) is 0 Å². The van der Waals surface area contributed by atoms with Gasteiger partial charge in [0.1, 0.15) is 0 Å². The molecule has 0 bridgehead atoms. The molecule has 0 unspecified atom stereocenters. The number of allylic oxidation sites excluding steroid dienone is 5. The van der Waals surface area contributed by atoms with Gasteiger partial charge in [-0.1, -0.05) is 18.2 Å². The zero-order valence-corrected chi connectivity index (χ0v) is 13.0. The van der Waals surface area contributed by atoms with Gasteiger partial charge in [-0.15, -0.1) is 0 Å². The van der Waals surface area contributed by atoms with E-state index in [1.54, 1.807) is 16.7 Å². The number of nitrogens with zero attached hydrogens (tertiary/aromatic N) is 1. The normalized spacial score (nSPS) is 22.5. The molecule has 0 spiro atoms. The molecule has 2 nitrogen and oxygen atoms in total. The first-order valence-corrected chi connectivity index (χ1v) is 8.68. The maximum absolute atomic E-state index is 3.76. The summed E-state index contributed by atoms with van der Waals surface area (Å²) in [5.74, 6) is 0. The van der Waals surface area contributed by atoms with Crippen molar-refractivity contribution < 1.29 is 0 Å². The second kappa shape index (κ2) is 4.77. The fraction of sp³-hybridized carbons (Fsp3) is 0.400. The Kier molecular flexibility index (Phi) is 2.73. The van der Waals surface area contributed by atoms with E-state index in [4.69, 9.17) is 0 Å². The van der Waals surface area contributed by atoms with Crippen LogP contribution in [0.3, 0.4) is 0 Å². The third-order valence-electron chi connectivity index (χ3n) is 5.59. The SMILES string of the molecule is C1=CCCC(N2CCC3=C2c2[nH]c4c(c2CC3)CCC=C4)=C1. The summed E-state index contributed by atoms with van der Waals surface area (Å²) >= 11 is 0. The zero-order valence-electron chi connectivity index (χ0n) is 13.0. The Morgan fingerprint density at radius 3 is 2.77 bits per heavy atom. The van der Waals surface area contributed by atoms with Gasteiger partial charge in [0.2, 0.25) is 0 Å². The third kappa shape index (κ3) is 1.73. The standard InChI is InChI=1S/C20H22N2/c1-2-6-15(7-3-1)22-13-12-14-10-11-17-16-8-4-5-9-18(16)21-19(17)20(14)22/h1-2,5-6,9,21H,3-4,7-8,10-13H2. The van der Waals surface area contributed by atoms with Gasteiger partial charge in [0, 0.05) is 17.9 Å². The average Bonchev–Trinajstić information content (AvgIpc) is 3.16. The summed E-state index contributed by atoms with van der Waals surface area (Å²) < 4.78 is 0. The Hall–Kier alpha value is -1.96. The molecule has 0 fully saturated rings.